The maximum Gasteiger partial charge on any atom is 0.234 e. The van der Waals surface area contributed by atoms with E-state index in [-0.39, 0.29) is 30.1 Å². The molecule has 42 heavy (non-hydrogen) atoms. The first-order chi connectivity index (χ1) is 20.4. The van der Waals surface area contributed by atoms with Crippen LogP contribution >= 0.6 is 0 Å². The van der Waals surface area contributed by atoms with Crippen LogP contribution in [0, 0.1) is 11.8 Å². The van der Waals surface area contributed by atoms with Crippen LogP contribution in [0.25, 0.3) is 0 Å². The summed E-state index contributed by atoms with van der Waals surface area (Å²) in [7, 11) is 1.67. The van der Waals surface area contributed by atoms with E-state index in [1.54, 1.807) is 7.11 Å². The summed E-state index contributed by atoms with van der Waals surface area (Å²) < 4.78 is 5.52. The summed E-state index contributed by atoms with van der Waals surface area (Å²) >= 11 is 0. The summed E-state index contributed by atoms with van der Waals surface area (Å²) in [6.07, 6.45) is -0.897. The second-order valence-corrected chi connectivity index (χ2v) is 11.9. The predicted octanol–water partition coefficient (Wildman–Crippen LogP) is 2.81. The minimum atomic E-state index is -1.21. The average Bonchev–Trinajstić information content (AvgIpc) is 3.26. The maximum atomic E-state index is 14.2. The first-order valence-corrected chi connectivity index (χ1v) is 14.7. The van der Waals surface area contributed by atoms with Gasteiger partial charge in [0, 0.05) is 38.6 Å². The average molecular weight is 566 g/mol. The Kier molecular flexibility index (Phi) is 6.44. The fourth-order valence-electron chi connectivity index (χ4n) is 8.24. The number of likely N-dealkylation sites (tertiary alicyclic amines) is 1. The third-order valence-electron chi connectivity index (χ3n) is 9.93. The van der Waals surface area contributed by atoms with E-state index in [0.29, 0.717) is 6.54 Å². The molecular formula is C34H35N3O5. The molecule has 5 aliphatic rings. The van der Waals surface area contributed by atoms with Gasteiger partial charge in [0.25, 0.3) is 0 Å². The molecule has 2 saturated heterocycles. The number of β-amino-alcohol motifs (C(OH)–C–C–N with tert-alkyl or cyclic N) is 1. The first-order valence-electron chi connectivity index (χ1n) is 14.7. The van der Waals surface area contributed by atoms with Gasteiger partial charge >= 0.3 is 0 Å². The van der Waals surface area contributed by atoms with Crippen molar-refractivity contribution in [2.24, 2.45) is 11.8 Å². The van der Waals surface area contributed by atoms with E-state index < -0.39 is 23.4 Å². The van der Waals surface area contributed by atoms with Crippen molar-refractivity contribution < 1.29 is 24.2 Å². The van der Waals surface area contributed by atoms with Crippen LogP contribution in [0.4, 0.5) is 5.69 Å². The van der Waals surface area contributed by atoms with Gasteiger partial charge in [-0.25, -0.2) is 0 Å². The van der Waals surface area contributed by atoms with Gasteiger partial charge in [-0.2, -0.15) is 0 Å². The lowest BCUT2D eigenvalue weighted by Gasteiger charge is -2.52. The van der Waals surface area contributed by atoms with Crippen LogP contribution in [0.3, 0.4) is 0 Å². The standard InChI is InChI=1S/C34H35N3O5/c1-21(38)34-25-11-5-3-9-23(25)29(24-10-4-6-12-26(24)34)30-31(34)33(41)37(32(30)40)20-22(39)19-35-15-17-36(18-16-35)27-13-7-8-14-28(27)42-2/h3-14,22,29-31,39H,15-20H2,1-2H3/t22-,29?,30-,31+,34?/m1/s1. The molecule has 0 saturated carbocycles. The number of benzene rings is 3. The Balaban J connectivity index is 1.12. The van der Waals surface area contributed by atoms with Gasteiger partial charge < -0.3 is 14.7 Å². The van der Waals surface area contributed by atoms with E-state index in [9.17, 15) is 19.5 Å². The van der Waals surface area contributed by atoms with Crippen molar-refractivity contribution >= 4 is 23.3 Å². The Morgan fingerprint density at radius 2 is 1.48 bits per heavy atom. The number of nitrogens with zero attached hydrogens (tertiary/aromatic N) is 3. The zero-order valence-corrected chi connectivity index (χ0v) is 23.9. The Bertz CT molecular complexity index is 1530. The summed E-state index contributed by atoms with van der Waals surface area (Å²) in [6, 6.07) is 23.5. The second kappa shape index (κ2) is 10.1. The number of Topliss-reactive ketones (excluding diaryl/α,β-unsaturated/α-hetero) is 1. The fourth-order valence-corrected chi connectivity index (χ4v) is 8.24. The minimum Gasteiger partial charge on any atom is -0.495 e. The molecule has 8 heteroatoms. The van der Waals surface area contributed by atoms with E-state index in [0.717, 1.165) is 59.9 Å². The van der Waals surface area contributed by atoms with E-state index in [4.69, 9.17) is 4.74 Å². The van der Waals surface area contributed by atoms with Crippen LogP contribution in [0.1, 0.15) is 35.1 Å². The number of aliphatic hydroxyl groups is 1. The van der Waals surface area contributed by atoms with Crippen LogP contribution in [0.2, 0.25) is 0 Å². The van der Waals surface area contributed by atoms with Gasteiger partial charge in [0.2, 0.25) is 11.8 Å². The van der Waals surface area contributed by atoms with Crippen LogP contribution in [-0.4, -0.2) is 85.0 Å². The summed E-state index contributed by atoms with van der Waals surface area (Å²) in [6.45, 7) is 4.84. The molecule has 216 valence electrons. The molecule has 0 aromatic heterocycles. The quantitative estimate of drug-likeness (QED) is 0.441. The fraction of sp³-hybridized carbons (Fsp3) is 0.382. The highest BCUT2D eigenvalue weighted by molar-refractivity contribution is 6.13. The number of amides is 2. The molecule has 2 amide bonds. The number of imide groups is 1. The molecule has 0 spiro atoms. The Hall–Kier alpha value is -4.01. The Morgan fingerprint density at radius 1 is 0.881 bits per heavy atom. The van der Waals surface area contributed by atoms with Crippen LogP contribution in [0.15, 0.2) is 72.8 Å². The van der Waals surface area contributed by atoms with Crippen molar-refractivity contribution in [3.8, 4) is 5.75 Å². The highest BCUT2D eigenvalue weighted by Gasteiger charge is 2.69. The number of ether oxygens (including phenoxy) is 1. The summed E-state index contributed by atoms with van der Waals surface area (Å²) in [4.78, 5) is 47.6. The molecule has 3 aromatic carbocycles. The number of anilines is 1. The summed E-state index contributed by atoms with van der Waals surface area (Å²) in [5, 5.41) is 11.2. The third kappa shape index (κ3) is 3.71. The van der Waals surface area contributed by atoms with E-state index in [2.05, 4.69) is 9.80 Å². The van der Waals surface area contributed by atoms with Gasteiger partial charge in [0.05, 0.1) is 42.7 Å². The van der Waals surface area contributed by atoms with Crippen LogP contribution in [-0.2, 0) is 19.8 Å². The molecule has 8 rings (SSSR count). The predicted molar refractivity (Wildman–Crippen MR) is 158 cm³/mol. The number of methoxy groups -OCH3 is 1. The number of rotatable bonds is 7. The lowest BCUT2D eigenvalue weighted by atomic mass is 9.46. The SMILES string of the molecule is COc1ccccc1N1CCN(C[C@@H](O)CN2C(=O)[C@@H]3C4c5ccccc5C(C(C)=O)(c5ccccc54)[C@@H]3C2=O)CC1. The van der Waals surface area contributed by atoms with Crippen molar-refractivity contribution in [3.63, 3.8) is 0 Å². The van der Waals surface area contributed by atoms with Gasteiger partial charge in [0.15, 0.2) is 0 Å². The molecule has 8 nitrogen and oxygen atoms in total. The van der Waals surface area contributed by atoms with Gasteiger partial charge in [-0.1, -0.05) is 60.7 Å². The maximum absolute atomic E-state index is 14.2. The number of aliphatic hydroxyl groups excluding tert-OH is 1. The van der Waals surface area contributed by atoms with Crippen molar-refractivity contribution in [1.82, 2.24) is 9.80 Å². The normalized spacial score (nSPS) is 27.0. The highest BCUT2D eigenvalue weighted by atomic mass is 16.5. The lowest BCUT2D eigenvalue weighted by Crippen LogP contribution is -2.57. The van der Waals surface area contributed by atoms with E-state index in [1.807, 2.05) is 72.8 Å². The number of ketones is 1. The van der Waals surface area contributed by atoms with Gasteiger partial charge in [-0.3, -0.25) is 24.2 Å². The number of carbonyl (C=O) groups is 3. The number of para-hydroxylation sites is 2. The van der Waals surface area contributed by atoms with Crippen molar-refractivity contribution in [2.75, 3.05) is 51.3 Å². The molecule has 2 aliphatic heterocycles. The minimum absolute atomic E-state index is 0.0786. The molecule has 3 atom stereocenters. The Morgan fingerprint density at radius 3 is 2.10 bits per heavy atom. The van der Waals surface area contributed by atoms with E-state index >= 15 is 0 Å². The third-order valence-corrected chi connectivity index (χ3v) is 9.93. The molecule has 0 radical (unpaired) electrons. The van der Waals surface area contributed by atoms with Crippen molar-refractivity contribution in [1.29, 1.82) is 0 Å². The molecule has 2 bridgehead atoms. The number of hydrogen-bond acceptors (Lipinski definition) is 7. The molecule has 2 fully saturated rings. The van der Waals surface area contributed by atoms with Gasteiger partial charge in [-0.15, -0.1) is 0 Å². The number of piperazine rings is 1. The number of carbonyl (C=O) groups excluding carboxylic acids is 3. The van der Waals surface area contributed by atoms with E-state index in [1.165, 1.54) is 11.8 Å². The second-order valence-electron chi connectivity index (χ2n) is 11.9. The monoisotopic (exact) mass is 565 g/mol. The van der Waals surface area contributed by atoms with Crippen molar-refractivity contribution in [2.45, 2.75) is 24.4 Å². The topological polar surface area (TPSA) is 90.4 Å². The lowest BCUT2D eigenvalue weighted by molar-refractivity contribution is -0.143. The van der Waals surface area contributed by atoms with Crippen molar-refractivity contribution in [3.05, 3.63) is 95.1 Å². The number of hydrogen-bond donors (Lipinski definition) is 1. The van der Waals surface area contributed by atoms with Crippen LogP contribution < -0.4 is 9.64 Å². The molecule has 0 unspecified atom stereocenters. The summed E-state index contributed by atoms with van der Waals surface area (Å²) in [5.41, 5.74) is 3.39. The molecular weight excluding hydrogens is 530 g/mol. The smallest absolute Gasteiger partial charge is 0.234 e. The summed E-state index contributed by atoms with van der Waals surface area (Å²) in [5.74, 6) is -1.71. The zero-order chi connectivity index (χ0) is 29.2. The first kappa shape index (κ1) is 26.9. The highest BCUT2D eigenvalue weighted by Crippen LogP contribution is 2.64. The van der Waals surface area contributed by atoms with Gasteiger partial charge in [0.1, 0.15) is 11.5 Å². The van der Waals surface area contributed by atoms with Crippen LogP contribution in [0.5, 0.6) is 5.75 Å². The largest absolute Gasteiger partial charge is 0.495 e. The molecule has 3 aliphatic carbocycles. The molecule has 3 aromatic rings. The Labute approximate surface area is 245 Å². The zero-order valence-electron chi connectivity index (χ0n) is 23.9. The molecule has 1 N–H and O–H groups in total. The molecule has 2 heterocycles. The van der Waals surface area contributed by atoms with Gasteiger partial charge in [-0.05, 0) is 41.3 Å².